The lowest BCUT2D eigenvalue weighted by atomic mass is 9.81. The molecule has 15 heteroatoms. The SMILES string of the molecule is Cc1c(F)cncc1Br.Cc1c(F)cncc1N1CCc2[nH]c(-c3c(F)cccc3F)cc2C1.Fc1cccc(F)c1-c1cc2c([nH]1)CCNC2.[B][BH3-]. The fourth-order valence-electron chi connectivity index (χ4n) is 6.06. The van der Waals surface area contributed by atoms with Crippen molar-refractivity contribution in [3.63, 3.8) is 0 Å². The van der Waals surface area contributed by atoms with Crippen LogP contribution in [0.1, 0.15) is 33.6 Å². The molecular formula is C38H36B2BrF6N6-. The van der Waals surface area contributed by atoms with Crippen LogP contribution in [-0.2, 0) is 25.9 Å². The lowest BCUT2D eigenvalue weighted by molar-refractivity contribution is 0.588. The Morgan fingerprint density at radius 2 is 1.19 bits per heavy atom. The minimum absolute atomic E-state index is 0.0295. The van der Waals surface area contributed by atoms with E-state index in [1.807, 2.05) is 11.0 Å². The van der Waals surface area contributed by atoms with E-state index >= 15 is 0 Å². The van der Waals surface area contributed by atoms with Crippen molar-refractivity contribution < 1.29 is 26.3 Å². The van der Waals surface area contributed by atoms with E-state index < -0.39 is 23.3 Å². The van der Waals surface area contributed by atoms with E-state index in [0.29, 0.717) is 46.5 Å². The first-order valence-electron chi connectivity index (χ1n) is 16.1. The lowest BCUT2D eigenvalue weighted by Gasteiger charge is -2.29. The number of aromatic amines is 2. The first kappa shape index (κ1) is 39.5. The van der Waals surface area contributed by atoms with Crippen LogP contribution in [0.4, 0.5) is 32.0 Å². The van der Waals surface area contributed by atoms with Crippen molar-refractivity contribution in [3.8, 4) is 22.5 Å². The molecule has 6 nitrogen and oxygen atoms in total. The second kappa shape index (κ2) is 17.8. The second-order valence-electron chi connectivity index (χ2n) is 12.2. The molecule has 2 aliphatic rings. The number of hydrogen-bond donors (Lipinski definition) is 3. The van der Waals surface area contributed by atoms with Crippen molar-refractivity contribution in [1.82, 2.24) is 25.3 Å². The highest BCUT2D eigenvalue weighted by Gasteiger charge is 2.23. The zero-order valence-electron chi connectivity index (χ0n) is 28.2. The molecule has 0 aliphatic carbocycles. The summed E-state index contributed by atoms with van der Waals surface area (Å²) in [6, 6.07) is 11.3. The van der Waals surface area contributed by atoms with Crippen molar-refractivity contribution in [2.24, 2.45) is 0 Å². The highest BCUT2D eigenvalue weighted by molar-refractivity contribution is 9.10. The van der Waals surface area contributed by atoms with E-state index in [-0.39, 0.29) is 30.5 Å². The Morgan fingerprint density at radius 1 is 0.679 bits per heavy atom. The number of H-pyrrole nitrogens is 2. The summed E-state index contributed by atoms with van der Waals surface area (Å²) in [5.41, 5.74) is 6.89. The monoisotopic (exact) mass is 791 g/mol. The molecule has 8 rings (SSSR count). The number of benzene rings is 2. The van der Waals surface area contributed by atoms with Gasteiger partial charge in [0.1, 0.15) is 34.9 Å². The van der Waals surface area contributed by atoms with Crippen molar-refractivity contribution in [3.05, 3.63) is 146 Å². The van der Waals surface area contributed by atoms with E-state index in [0.717, 1.165) is 47.7 Å². The zero-order valence-corrected chi connectivity index (χ0v) is 29.8. The molecule has 6 heterocycles. The largest absolute Gasteiger partial charge is 0.365 e. The molecule has 0 amide bonds. The average molecular weight is 792 g/mol. The maximum absolute atomic E-state index is 14.0. The third-order valence-electron chi connectivity index (χ3n) is 8.87. The normalized spacial score (nSPS) is 13.0. The number of nitrogens with zero attached hydrogens (tertiary/aromatic N) is 3. The third kappa shape index (κ3) is 9.08. The van der Waals surface area contributed by atoms with Crippen LogP contribution in [0, 0.1) is 48.8 Å². The van der Waals surface area contributed by atoms with Crippen LogP contribution in [0.15, 0.2) is 77.8 Å². The molecule has 2 aromatic carbocycles. The summed E-state index contributed by atoms with van der Waals surface area (Å²) in [4.78, 5) is 15.8. The van der Waals surface area contributed by atoms with E-state index in [1.54, 1.807) is 32.3 Å². The van der Waals surface area contributed by atoms with E-state index in [2.05, 4.69) is 41.2 Å². The average Bonchev–Trinajstić information content (AvgIpc) is 3.77. The van der Waals surface area contributed by atoms with Crippen molar-refractivity contribution in [1.29, 1.82) is 0 Å². The van der Waals surface area contributed by atoms with Gasteiger partial charge in [-0.2, -0.15) is 7.74 Å². The topological polar surface area (TPSA) is 72.6 Å². The van der Waals surface area contributed by atoms with Crippen molar-refractivity contribution >= 4 is 37.1 Å². The molecule has 3 N–H and O–H groups in total. The summed E-state index contributed by atoms with van der Waals surface area (Å²) in [6.07, 6.45) is 7.16. The molecule has 0 bridgehead atoms. The number of pyridine rings is 2. The molecule has 0 saturated carbocycles. The Labute approximate surface area is 314 Å². The molecule has 6 aromatic rings. The van der Waals surface area contributed by atoms with Gasteiger partial charge in [-0.3, -0.25) is 9.97 Å². The van der Waals surface area contributed by atoms with Crippen molar-refractivity contribution in [2.75, 3.05) is 18.0 Å². The van der Waals surface area contributed by atoms with Crippen LogP contribution in [0.3, 0.4) is 0 Å². The molecular weight excluding hydrogens is 756 g/mol. The van der Waals surface area contributed by atoms with E-state index in [9.17, 15) is 26.3 Å². The van der Waals surface area contributed by atoms with Crippen LogP contribution in [0.2, 0.25) is 0 Å². The van der Waals surface area contributed by atoms with Gasteiger partial charge in [0.05, 0.1) is 46.8 Å². The fraction of sp³-hybridized carbons (Fsp3) is 0.211. The summed E-state index contributed by atoms with van der Waals surface area (Å²) in [7, 11) is 5.00. The lowest BCUT2D eigenvalue weighted by Crippen LogP contribution is -2.30. The Kier molecular flexibility index (Phi) is 13.3. The fourth-order valence-corrected chi connectivity index (χ4v) is 6.37. The Bertz CT molecular complexity index is 2110. The van der Waals surface area contributed by atoms with Gasteiger partial charge in [-0.15, -0.1) is 0 Å². The minimum Gasteiger partial charge on any atom is -0.365 e. The molecule has 4 aromatic heterocycles. The standard InChI is InChI=1S/C19H16F3N3.C13H12F2N2.C6H5BrFN.B2H3/c1-11-15(22)8-23-9-18(11)25-6-5-16-12(10-25)7-17(24-16)19-13(20)3-2-4-14(19)21;14-9-2-1-3-10(15)13(9)12-6-8-7-16-5-4-11(8)17-12;1-4-5(7)2-9-3-6(4)8;1-2/h2-4,7-9,24H,5-6,10H2,1H3;1-3,6,16-17H,4-5,7H2;2-3H,1H3;1H3/q;;;-1. The Hall–Kier alpha value is -4.75. The number of halogens is 7. The summed E-state index contributed by atoms with van der Waals surface area (Å²) >= 11 is 3.14. The second-order valence-corrected chi connectivity index (χ2v) is 13.0. The Balaban J connectivity index is 0.000000166. The smallest absolute Gasteiger partial charge is 0.146 e. The molecule has 274 valence electrons. The van der Waals surface area contributed by atoms with Gasteiger partial charge >= 0.3 is 0 Å². The van der Waals surface area contributed by atoms with Gasteiger partial charge in [0.25, 0.3) is 0 Å². The predicted molar refractivity (Wildman–Crippen MR) is 204 cm³/mol. The molecule has 0 atom stereocenters. The number of anilines is 1. The van der Waals surface area contributed by atoms with Gasteiger partial charge in [0.15, 0.2) is 0 Å². The first-order valence-corrected chi connectivity index (χ1v) is 16.9. The predicted octanol–water partition coefficient (Wildman–Crippen LogP) is 7.70. The zero-order chi connectivity index (χ0) is 38.2. The van der Waals surface area contributed by atoms with Gasteiger partial charge in [-0.1, -0.05) is 19.9 Å². The van der Waals surface area contributed by atoms with Crippen LogP contribution in [-0.4, -0.2) is 48.5 Å². The molecule has 0 unspecified atom stereocenters. The minimum atomic E-state index is -0.597. The van der Waals surface area contributed by atoms with E-state index in [1.165, 1.54) is 48.8 Å². The van der Waals surface area contributed by atoms with Gasteiger partial charge in [-0.25, -0.2) is 26.3 Å². The molecule has 0 fully saturated rings. The van der Waals surface area contributed by atoms with Gasteiger partial charge in [-0.05, 0) is 77.3 Å². The summed E-state index contributed by atoms with van der Waals surface area (Å²) in [5, 5.41) is 3.23. The number of hydrogen-bond acceptors (Lipinski definition) is 4. The van der Waals surface area contributed by atoms with Crippen molar-refractivity contribution in [2.45, 2.75) is 39.8 Å². The molecule has 0 saturated heterocycles. The quantitative estimate of drug-likeness (QED) is 0.127. The summed E-state index contributed by atoms with van der Waals surface area (Å²) < 4.78 is 82.3. The molecule has 0 spiro atoms. The number of nitrogens with one attached hydrogen (secondary N) is 3. The summed E-state index contributed by atoms with van der Waals surface area (Å²) in [6.45, 7) is 6.28. The molecule has 53 heavy (non-hydrogen) atoms. The third-order valence-corrected chi connectivity index (χ3v) is 9.67. The maximum Gasteiger partial charge on any atom is 0.146 e. The van der Waals surface area contributed by atoms with Crippen LogP contribution < -0.4 is 10.2 Å². The highest BCUT2D eigenvalue weighted by atomic mass is 79.9. The van der Waals surface area contributed by atoms with Gasteiger partial charge in [0, 0.05) is 72.2 Å². The Morgan fingerprint density at radius 3 is 1.72 bits per heavy atom. The molecule has 2 radical (unpaired) electrons. The molecule has 2 aliphatic heterocycles. The number of fused-ring (bicyclic) bond motifs is 2. The van der Waals surface area contributed by atoms with Crippen LogP contribution in [0.25, 0.3) is 22.5 Å². The first-order chi connectivity index (χ1) is 25.5. The van der Waals surface area contributed by atoms with E-state index in [4.69, 9.17) is 7.74 Å². The van der Waals surface area contributed by atoms with Gasteiger partial charge in [0.2, 0.25) is 0 Å². The number of aromatic nitrogens is 4. The van der Waals surface area contributed by atoms with Gasteiger partial charge < -0.3 is 20.2 Å². The highest BCUT2D eigenvalue weighted by Crippen LogP contribution is 2.33. The summed E-state index contributed by atoms with van der Waals surface area (Å²) in [5.74, 6) is -2.87. The van der Waals surface area contributed by atoms with Crippen LogP contribution in [0.5, 0.6) is 0 Å². The van der Waals surface area contributed by atoms with Crippen LogP contribution >= 0.6 is 15.9 Å². The number of rotatable bonds is 3. The maximum atomic E-state index is 14.0.